The second kappa shape index (κ2) is 9.62. The number of phenolic OH excluding ortho intramolecular Hbond substituents is 1. The molecule has 1 fully saturated rings. The van der Waals surface area contributed by atoms with Gasteiger partial charge in [-0.15, -0.1) is 12.4 Å². The Labute approximate surface area is 158 Å². The summed E-state index contributed by atoms with van der Waals surface area (Å²) in [4.78, 5) is 4.60. The largest absolute Gasteiger partial charge is 0.508 e. The Hall–Kier alpha value is -1.01. The van der Waals surface area contributed by atoms with Gasteiger partial charge in [-0.25, -0.2) is 0 Å². The molecule has 1 aromatic rings. The van der Waals surface area contributed by atoms with Crippen LogP contribution in [0, 0.1) is 5.41 Å². The molecule has 0 bridgehead atoms. The van der Waals surface area contributed by atoms with E-state index in [2.05, 4.69) is 48.9 Å². The minimum absolute atomic E-state index is 0. The summed E-state index contributed by atoms with van der Waals surface area (Å²) in [5.41, 5.74) is 1.62. The summed E-state index contributed by atoms with van der Waals surface area (Å²) >= 11 is 0. The molecule has 5 nitrogen and oxygen atoms in total. The van der Waals surface area contributed by atoms with Gasteiger partial charge in [0.15, 0.2) is 0 Å². The highest BCUT2D eigenvalue weighted by atomic mass is 35.5. The molecule has 0 radical (unpaired) electrons. The zero-order valence-electron chi connectivity index (χ0n) is 16.0. The number of nitrogens with one attached hydrogen (secondary N) is 1. The van der Waals surface area contributed by atoms with Crippen molar-refractivity contribution in [3.63, 3.8) is 0 Å². The van der Waals surface area contributed by atoms with E-state index in [9.17, 15) is 10.2 Å². The monoisotopic (exact) mass is 371 g/mol. The highest BCUT2D eigenvalue weighted by Gasteiger charge is 2.37. The van der Waals surface area contributed by atoms with Crippen molar-refractivity contribution >= 4 is 18.1 Å². The SMILES string of the molecule is CCN(CC)c1ccc([C@H](N2CCNCC2)C(C)(C)CO)c(O)c1.Cl. The van der Waals surface area contributed by atoms with Crippen LogP contribution in [0.1, 0.15) is 39.3 Å². The third kappa shape index (κ3) is 5.00. The van der Waals surface area contributed by atoms with Gasteiger partial charge in [-0.05, 0) is 19.9 Å². The van der Waals surface area contributed by atoms with Crippen LogP contribution in [0.5, 0.6) is 5.75 Å². The number of rotatable bonds is 7. The molecule has 0 saturated carbocycles. The maximum Gasteiger partial charge on any atom is 0.122 e. The maximum atomic E-state index is 10.7. The van der Waals surface area contributed by atoms with Gasteiger partial charge in [-0.2, -0.15) is 0 Å². The van der Waals surface area contributed by atoms with Gasteiger partial charge in [0.2, 0.25) is 0 Å². The van der Waals surface area contributed by atoms with Gasteiger partial charge in [-0.3, -0.25) is 4.90 Å². The van der Waals surface area contributed by atoms with Crippen LogP contribution in [0.4, 0.5) is 5.69 Å². The molecule has 1 heterocycles. The number of aromatic hydroxyl groups is 1. The first kappa shape index (κ1) is 22.0. The van der Waals surface area contributed by atoms with E-state index >= 15 is 0 Å². The zero-order valence-corrected chi connectivity index (χ0v) is 16.8. The van der Waals surface area contributed by atoms with Crippen molar-refractivity contribution in [1.82, 2.24) is 10.2 Å². The fourth-order valence-electron chi connectivity index (χ4n) is 3.69. The number of piperazine rings is 1. The van der Waals surface area contributed by atoms with E-state index in [1.54, 1.807) is 0 Å². The highest BCUT2D eigenvalue weighted by molar-refractivity contribution is 5.85. The molecule has 1 saturated heterocycles. The van der Waals surface area contributed by atoms with Gasteiger partial charge < -0.3 is 20.4 Å². The van der Waals surface area contributed by atoms with Crippen LogP contribution in [0.25, 0.3) is 0 Å². The van der Waals surface area contributed by atoms with Crippen LogP contribution in [-0.4, -0.2) is 61.0 Å². The average molecular weight is 372 g/mol. The lowest BCUT2D eigenvalue weighted by atomic mass is 9.79. The summed E-state index contributed by atoms with van der Waals surface area (Å²) in [6, 6.07) is 5.98. The zero-order chi connectivity index (χ0) is 17.7. The first-order valence-corrected chi connectivity index (χ1v) is 9.08. The quantitative estimate of drug-likeness (QED) is 0.687. The Kier molecular flexibility index (Phi) is 8.48. The molecular formula is C19H34ClN3O2. The number of halogens is 1. The van der Waals surface area contributed by atoms with Gasteiger partial charge in [-0.1, -0.05) is 19.9 Å². The number of phenols is 1. The summed E-state index contributed by atoms with van der Waals surface area (Å²) in [5, 5.41) is 24.0. The third-order valence-corrected chi connectivity index (χ3v) is 5.10. The Morgan fingerprint density at radius 1 is 1.20 bits per heavy atom. The fraction of sp³-hybridized carbons (Fsp3) is 0.684. The van der Waals surface area contributed by atoms with Crippen LogP contribution in [0.3, 0.4) is 0 Å². The molecule has 25 heavy (non-hydrogen) atoms. The van der Waals surface area contributed by atoms with Crippen LogP contribution < -0.4 is 10.2 Å². The van der Waals surface area contributed by atoms with Crippen molar-refractivity contribution in [2.75, 3.05) is 50.8 Å². The lowest BCUT2D eigenvalue weighted by molar-refractivity contribution is 0.0293. The minimum atomic E-state index is -0.328. The highest BCUT2D eigenvalue weighted by Crippen LogP contribution is 2.42. The molecule has 1 atom stereocenters. The molecule has 0 amide bonds. The van der Waals surface area contributed by atoms with E-state index in [1.165, 1.54) is 0 Å². The van der Waals surface area contributed by atoms with Crippen LogP contribution >= 0.6 is 12.4 Å². The van der Waals surface area contributed by atoms with E-state index in [4.69, 9.17) is 0 Å². The molecule has 1 aliphatic heterocycles. The summed E-state index contributed by atoms with van der Waals surface area (Å²) in [7, 11) is 0. The van der Waals surface area contributed by atoms with Gasteiger partial charge in [0.05, 0.1) is 0 Å². The molecular weight excluding hydrogens is 338 g/mol. The number of aliphatic hydroxyl groups is 1. The van der Waals surface area contributed by atoms with E-state index in [-0.39, 0.29) is 30.5 Å². The molecule has 0 unspecified atom stereocenters. The van der Waals surface area contributed by atoms with Gasteiger partial charge in [0, 0.05) is 74.6 Å². The minimum Gasteiger partial charge on any atom is -0.508 e. The Morgan fingerprint density at radius 2 is 1.80 bits per heavy atom. The Bertz CT molecular complexity index is 529. The molecule has 1 aliphatic rings. The standard InChI is InChI=1S/C19H33N3O2.ClH/c1-5-21(6-2)15-7-8-16(17(24)13-15)18(19(3,4)14-23)22-11-9-20-10-12-22;/h7-8,13,18,20,23-24H,5-6,9-12,14H2,1-4H3;1H/t18-;/m0./s1. The second-order valence-electron chi connectivity index (χ2n) is 7.25. The van der Waals surface area contributed by atoms with Crippen molar-refractivity contribution in [3.05, 3.63) is 23.8 Å². The normalized spacial score (nSPS) is 17.0. The molecule has 6 heteroatoms. The number of aliphatic hydroxyl groups excluding tert-OH is 1. The van der Waals surface area contributed by atoms with Gasteiger partial charge in [0.1, 0.15) is 5.75 Å². The summed E-state index contributed by atoms with van der Waals surface area (Å²) in [5.74, 6) is 0.324. The molecule has 2 rings (SSSR count). The molecule has 3 N–H and O–H groups in total. The van der Waals surface area contributed by atoms with E-state index in [0.29, 0.717) is 5.75 Å². The number of hydrogen-bond donors (Lipinski definition) is 3. The smallest absolute Gasteiger partial charge is 0.122 e. The molecule has 0 spiro atoms. The molecule has 0 aliphatic carbocycles. The fourth-order valence-corrected chi connectivity index (χ4v) is 3.69. The second-order valence-corrected chi connectivity index (χ2v) is 7.25. The number of hydrogen-bond acceptors (Lipinski definition) is 5. The topological polar surface area (TPSA) is 59.0 Å². The van der Waals surface area contributed by atoms with Gasteiger partial charge >= 0.3 is 0 Å². The van der Waals surface area contributed by atoms with E-state index < -0.39 is 0 Å². The first-order valence-electron chi connectivity index (χ1n) is 9.08. The Morgan fingerprint density at radius 3 is 2.28 bits per heavy atom. The van der Waals surface area contributed by atoms with Crippen LogP contribution in [0.15, 0.2) is 18.2 Å². The summed E-state index contributed by atoms with van der Waals surface area (Å²) < 4.78 is 0. The van der Waals surface area contributed by atoms with E-state index in [1.807, 2.05) is 12.1 Å². The predicted molar refractivity (Wildman–Crippen MR) is 107 cm³/mol. The van der Waals surface area contributed by atoms with E-state index in [0.717, 1.165) is 50.5 Å². The lowest BCUT2D eigenvalue weighted by Crippen LogP contribution is -2.49. The van der Waals surface area contributed by atoms with Crippen molar-refractivity contribution in [3.8, 4) is 5.75 Å². The average Bonchev–Trinajstić information content (AvgIpc) is 2.59. The predicted octanol–water partition coefficient (Wildman–Crippen LogP) is 2.63. The molecule has 144 valence electrons. The van der Waals surface area contributed by atoms with Crippen molar-refractivity contribution in [2.24, 2.45) is 5.41 Å². The van der Waals surface area contributed by atoms with Crippen LogP contribution in [-0.2, 0) is 0 Å². The maximum absolute atomic E-state index is 10.7. The first-order chi connectivity index (χ1) is 11.4. The number of nitrogens with zero attached hydrogens (tertiary/aromatic N) is 2. The van der Waals surface area contributed by atoms with Crippen molar-refractivity contribution in [1.29, 1.82) is 0 Å². The molecule has 0 aromatic heterocycles. The van der Waals surface area contributed by atoms with Crippen molar-refractivity contribution < 1.29 is 10.2 Å². The Balaban J connectivity index is 0.00000312. The number of anilines is 1. The van der Waals surface area contributed by atoms with Gasteiger partial charge in [0.25, 0.3) is 0 Å². The molecule has 1 aromatic carbocycles. The summed E-state index contributed by atoms with van der Waals surface area (Å²) in [6.45, 7) is 14.0. The summed E-state index contributed by atoms with van der Waals surface area (Å²) in [6.07, 6.45) is 0. The van der Waals surface area contributed by atoms with Crippen LogP contribution in [0.2, 0.25) is 0 Å². The third-order valence-electron chi connectivity index (χ3n) is 5.10. The number of benzene rings is 1. The lowest BCUT2D eigenvalue weighted by Gasteiger charge is -2.43. The van der Waals surface area contributed by atoms with Crippen molar-refractivity contribution in [2.45, 2.75) is 33.7 Å².